The number of aromatic amines is 2. The Kier molecular flexibility index (Phi) is 5.69. The van der Waals surface area contributed by atoms with Gasteiger partial charge in [-0.3, -0.25) is 15.0 Å². The minimum atomic E-state index is 0.742. The van der Waals surface area contributed by atoms with Crippen molar-refractivity contribution in [3.8, 4) is 11.5 Å². The molecule has 4 heterocycles. The van der Waals surface area contributed by atoms with E-state index in [2.05, 4.69) is 43.8 Å². The van der Waals surface area contributed by atoms with Crippen LogP contribution in [0.5, 0.6) is 0 Å². The minimum Gasteiger partial charge on any atom is -0.337 e. The second-order valence-electron chi connectivity index (χ2n) is 8.38. The predicted octanol–water partition coefficient (Wildman–Crippen LogP) is 3.63. The fourth-order valence-electron chi connectivity index (χ4n) is 4.36. The van der Waals surface area contributed by atoms with Gasteiger partial charge < -0.3 is 4.98 Å². The first-order valence-corrected chi connectivity index (χ1v) is 11.2. The molecule has 0 spiro atoms. The topological polar surface area (TPSA) is 73.5 Å². The fraction of sp³-hybridized carbons (Fsp3) is 0.269. The van der Waals surface area contributed by atoms with E-state index in [9.17, 15) is 0 Å². The van der Waals surface area contributed by atoms with Gasteiger partial charge in [0.1, 0.15) is 5.69 Å². The quantitative estimate of drug-likeness (QED) is 0.513. The zero-order valence-corrected chi connectivity index (χ0v) is 18.4. The van der Waals surface area contributed by atoms with E-state index in [1.165, 1.54) is 37.9 Å². The van der Waals surface area contributed by atoms with E-state index in [1.807, 2.05) is 49.7 Å². The third-order valence-corrected chi connectivity index (χ3v) is 6.07. The van der Waals surface area contributed by atoms with E-state index in [0.717, 1.165) is 50.8 Å². The standard InChI is InChI=1S/C26H28N6/c1-3-22-21(25(31-30-22)26-28-23-9-5-6-10-24(23)29-26)13-18(2)20-14-19(15-27-16-20)17-32-11-7-4-8-12-32/h3,5-6,9-10,13-16,30H,2,4,7-8,11-12,17H2,1H3,(H,28,29)/b21-13+,22-3+. The molecule has 162 valence electrons. The summed E-state index contributed by atoms with van der Waals surface area (Å²) in [6.45, 7) is 9.62. The summed E-state index contributed by atoms with van der Waals surface area (Å²) in [5, 5.41) is 9.59. The molecule has 2 N–H and O–H groups in total. The summed E-state index contributed by atoms with van der Waals surface area (Å²) in [7, 11) is 0. The van der Waals surface area contributed by atoms with E-state index in [4.69, 9.17) is 4.98 Å². The summed E-state index contributed by atoms with van der Waals surface area (Å²) >= 11 is 0. The van der Waals surface area contributed by atoms with Crippen LogP contribution >= 0.6 is 0 Å². The number of nitrogens with one attached hydrogen (secondary N) is 2. The van der Waals surface area contributed by atoms with Crippen LogP contribution < -0.4 is 10.6 Å². The lowest BCUT2D eigenvalue weighted by atomic mass is 10.0. The first-order valence-electron chi connectivity index (χ1n) is 11.2. The molecule has 32 heavy (non-hydrogen) atoms. The van der Waals surface area contributed by atoms with Gasteiger partial charge in [0.15, 0.2) is 5.82 Å². The predicted molar refractivity (Wildman–Crippen MR) is 130 cm³/mol. The minimum absolute atomic E-state index is 0.742. The van der Waals surface area contributed by atoms with Crippen molar-refractivity contribution in [3.05, 3.63) is 71.0 Å². The van der Waals surface area contributed by atoms with E-state index in [1.54, 1.807) is 0 Å². The smallest absolute Gasteiger partial charge is 0.159 e. The van der Waals surface area contributed by atoms with Crippen LogP contribution in [-0.4, -0.2) is 43.1 Å². The Bertz CT molecular complexity index is 1340. The molecule has 0 unspecified atom stereocenters. The van der Waals surface area contributed by atoms with E-state index in [-0.39, 0.29) is 0 Å². The highest BCUT2D eigenvalue weighted by Gasteiger charge is 2.13. The van der Waals surface area contributed by atoms with Gasteiger partial charge in [0.25, 0.3) is 0 Å². The maximum absolute atomic E-state index is 4.73. The molecule has 4 aromatic rings. The highest BCUT2D eigenvalue weighted by Crippen LogP contribution is 2.19. The van der Waals surface area contributed by atoms with Crippen molar-refractivity contribution in [2.75, 3.05) is 13.1 Å². The Balaban J connectivity index is 1.49. The number of piperidine rings is 1. The average molecular weight is 425 g/mol. The number of hydrogen-bond acceptors (Lipinski definition) is 4. The molecule has 1 aliphatic heterocycles. The molecule has 5 rings (SSSR count). The summed E-state index contributed by atoms with van der Waals surface area (Å²) in [6, 6.07) is 10.2. The Labute approximate surface area is 187 Å². The number of fused-ring (bicyclic) bond motifs is 1. The number of benzene rings is 1. The van der Waals surface area contributed by atoms with Crippen molar-refractivity contribution in [1.82, 2.24) is 30.0 Å². The molecular weight excluding hydrogens is 396 g/mol. The van der Waals surface area contributed by atoms with Gasteiger partial charge in [0, 0.05) is 24.2 Å². The number of imidazole rings is 1. The Morgan fingerprint density at radius 2 is 2.00 bits per heavy atom. The van der Waals surface area contributed by atoms with Crippen LogP contribution in [-0.2, 0) is 6.54 Å². The van der Waals surface area contributed by atoms with Crippen LogP contribution in [0.3, 0.4) is 0 Å². The van der Waals surface area contributed by atoms with Crippen molar-refractivity contribution in [1.29, 1.82) is 0 Å². The first kappa shape index (κ1) is 20.4. The molecule has 0 amide bonds. The van der Waals surface area contributed by atoms with Gasteiger partial charge in [-0.25, -0.2) is 4.98 Å². The van der Waals surface area contributed by atoms with E-state index < -0.39 is 0 Å². The van der Waals surface area contributed by atoms with Crippen LogP contribution in [0.1, 0.15) is 37.3 Å². The van der Waals surface area contributed by atoms with Gasteiger partial charge in [-0.1, -0.05) is 31.2 Å². The Hall–Kier alpha value is -3.51. The lowest BCUT2D eigenvalue weighted by molar-refractivity contribution is 0.220. The lowest BCUT2D eigenvalue weighted by Crippen LogP contribution is -2.29. The van der Waals surface area contributed by atoms with Gasteiger partial charge in [-0.2, -0.15) is 5.10 Å². The summed E-state index contributed by atoms with van der Waals surface area (Å²) in [5.74, 6) is 0.742. The zero-order chi connectivity index (χ0) is 21.9. The molecule has 0 bridgehead atoms. The van der Waals surface area contributed by atoms with Gasteiger partial charge in [0.2, 0.25) is 0 Å². The number of pyridine rings is 1. The number of allylic oxidation sites excluding steroid dienone is 1. The highest BCUT2D eigenvalue weighted by atomic mass is 15.1. The summed E-state index contributed by atoms with van der Waals surface area (Å²) in [4.78, 5) is 15.1. The van der Waals surface area contributed by atoms with Crippen molar-refractivity contribution >= 4 is 28.8 Å². The Morgan fingerprint density at radius 3 is 2.81 bits per heavy atom. The van der Waals surface area contributed by atoms with Crippen LogP contribution in [0.25, 0.3) is 40.3 Å². The molecule has 0 aliphatic carbocycles. The molecule has 6 heteroatoms. The van der Waals surface area contributed by atoms with E-state index in [0.29, 0.717) is 0 Å². The van der Waals surface area contributed by atoms with E-state index >= 15 is 0 Å². The number of likely N-dealkylation sites (tertiary alicyclic amines) is 1. The van der Waals surface area contributed by atoms with Crippen LogP contribution in [0, 0.1) is 0 Å². The molecule has 3 aromatic heterocycles. The molecule has 1 fully saturated rings. The van der Waals surface area contributed by atoms with Gasteiger partial charge in [-0.15, -0.1) is 0 Å². The summed E-state index contributed by atoms with van der Waals surface area (Å²) in [5.41, 5.74) is 5.86. The van der Waals surface area contributed by atoms with Crippen molar-refractivity contribution in [2.24, 2.45) is 0 Å². The maximum atomic E-state index is 4.73. The SMILES string of the molecule is C=C(/C=c1/c(-c2nc3ccccc3[nH]2)n[nH]/c1=C/C)c1cncc(CN2CCCCC2)c1. The van der Waals surface area contributed by atoms with Crippen molar-refractivity contribution < 1.29 is 0 Å². The number of aromatic nitrogens is 5. The second kappa shape index (κ2) is 8.93. The molecule has 0 saturated carbocycles. The molecule has 0 atom stereocenters. The second-order valence-corrected chi connectivity index (χ2v) is 8.38. The molecule has 1 saturated heterocycles. The fourth-order valence-corrected chi connectivity index (χ4v) is 4.36. The molecule has 1 aromatic carbocycles. The number of nitrogens with zero attached hydrogens (tertiary/aromatic N) is 4. The zero-order valence-electron chi connectivity index (χ0n) is 18.4. The molecule has 0 radical (unpaired) electrons. The number of hydrogen-bond donors (Lipinski definition) is 2. The van der Waals surface area contributed by atoms with Crippen molar-refractivity contribution in [2.45, 2.75) is 32.7 Å². The maximum Gasteiger partial charge on any atom is 0.159 e. The third-order valence-electron chi connectivity index (χ3n) is 6.07. The van der Waals surface area contributed by atoms with Crippen molar-refractivity contribution in [3.63, 3.8) is 0 Å². The highest BCUT2D eigenvalue weighted by molar-refractivity contribution is 5.88. The van der Waals surface area contributed by atoms with Crippen LogP contribution in [0.2, 0.25) is 0 Å². The molecule has 6 nitrogen and oxygen atoms in total. The number of H-pyrrole nitrogens is 2. The van der Waals surface area contributed by atoms with Crippen LogP contribution in [0.4, 0.5) is 0 Å². The van der Waals surface area contributed by atoms with Gasteiger partial charge >= 0.3 is 0 Å². The number of para-hydroxylation sites is 2. The molecular formula is C26H28N6. The monoisotopic (exact) mass is 424 g/mol. The lowest BCUT2D eigenvalue weighted by Gasteiger charge is -2.26. The third kappa shape index (κ3) is 4.14. The average Bonchev–Trinajstić information content (AvgIpc) is 3.43. The van der Waals surface area contributed by atoms with Crippen LogP contribution in [0.15, 0.2) is 49.3 Å². The summed E-state index contributed by atoms with van der Waals surface area (Å²) < 4.78 is 0. The normalized spacial score (nSPS) is 16.2. The largest absolute Gasteiger partial charge is 0.337 e. The van der Waals surface area contributed by atoms with Gasteiger partial charge in [0.05, 0.1) is 16.4 Å². The Morgan fingerprint density at radius 1 is 1.16 bits per heavy atom. The summed E-state index contributed by atoms with van der Waals surface area (Å²) in [6.07, 6.45) is 11.9. The molecule has 1 aliphatic rings. The first-order chi connectivity index (χ1) is 15.7. The number of rotatable bonds is 5. The van der Waals surface area contributed by atoms with Gasteiger partial charge in [-0.05, 0) is 73.8 Å².